The van der Waals surface area contributed by atoms with Crippen molar-refractivity contribution in [3.05, 3.63) is 78.4 Å². The first-order chi connectivity index (χ1) is 15.2. The largest absolute Gasteiger partial charge is 0.478 e. The van der Waals surface area contributed by atoms with E-state index in [-0.39, 0.29) is 5.56 Å². The minimum atomic E-state index is -0.971. The Morgan fingerprint density at radius 1 is 0.677 bits per heavy atom. The van der Waals surface area contributed by atoms with Crippen LogP contribution in [0.25, 0.3) is 0 Å². The highest BCUT2D eigenvalue weighted by atomic mass is 16.5. The van der Waals surface area contributed by atoms with Crippen LogP contribution < -0.4 is 4.90 Å². The lowest BCUT2D eigenvalue weighted by Gasteiger charge is -2.28. The van der Waals surface area contributed by atoms with Crippen LogP contribution in [0, 0.1) is 0 Å². The molecular formula is C23H21N5O3. The predicted octanol–water partition coefficient (Wildman–Crippen LogP) is 6.05. The third-order valence-electron chi connectivity index (χ3n) is 4.75. The first-order valence-corrected chi connectivity index (χ1v) is 9.87. The molecule has 8 heteroatoms. The number of carbonyl (C=O) groups is 1. The fraction of sp³-hybridized carbons (Fsp3) is 0.174. The number of carboxylic acids is 1. The lowest BCUT2D eigenvalue weighted by atomic mass is 10.2. The summed E-state index contributed by atoms with van der Waals surface area (Å²) in [6.45, 7) is 3.32. The summed E-state index contributed by atoms with van der Waals surface area (Å²) in [6, 6.07) is 21.4. The zero-order valence-corrected chi connectivity index (χ0v) is 16.8. The SMILES string of the molecule is O=C(O)c1ccc(N=Nc2ccc(N=Nc3ccc(N4CCOCC4)cc3)cc2)cc1. The Bertz CT molecular complexity index is 1070. The highest BCUT2D eigenvalue weighted by Crippen LogP contribution is 2.25. The average Bonchev–Trinajstić information content (AvgIpc) is 2.83. The van der Waals surface area contributed by atoms with Crippen LogP contribution in [0.15, 0.2) is 93.3 Å². The molecule has 1 fully saturated rings. The van der Waals surface area contributed by atoms with Crippen molar-refractivity contribution >= 4 is 34.4 Å². The van der Waals surface area contributed by atoms with E-state index >= 15 is 0 Å². The highest BCUT2D eigenvalue weighted by Gasteiger charge is 2.10. The summed E-state index contributed by atoms with van der Waals surface area (Å²) in [6.07, 6.45) is 0. The minimum absolute atomic E-state index is 0.212. The Labute approximate surface area is 179 Å². The van der Waals surface area contributed by atoms with Crippen molar-refractivity contribution in [2.24, 2.45) is 20.5 Å². The summed E-state index contributed by atoms with van der Waals surface area (Å²) in [7, 11) is 0. The van der Waals surface area contributed by atoms with Gasteiger partial charge in [0.15, 0.2) is 0 Å². The fourth-order valence-electron chi connectivity index (χ4n) is 3.04. The number of azo groups is 2. The number of carboxylic acid groups (broad SMARTS) is 1. The molecule has 0 atom stereocenters. The maximum atomic E-state index is 10.9. The van der Waals surface area contributed by atoms with Gasteiger partial charge in [-0.2, -0.15) is 20.5 Å². The van der Waals surface area contributed by atoms with Crippen LogP contribution in [0.2, 0.25) is 0 Å². The second kappa shape index (κ2) is 9.73. The summed E-state index contributed by atoms with van der Waals surface area (Å²) in [5.41, 5.74) is 4.11. The molecule has 1 saturated heterocycles. The topological polar surface area (TPSA) is 99.2 Å². The van der Waals surface area contributed by atoms with Gasteiger partial charge >= 0.3 is 5.97 Å². The van der Waals surface area contributed by atoms with Crippen molar-refractivity contribution in [2.75, 3.05) is 31.2 Å². The molecule has 1 aliphatic rings. The Morgan fingerprint density at radius 2 is 1.06 bits per heavy atom. The van der Waals surface area contributed by atoms with Crippen LogP contribution in [0.5, 0.6) is 0 Å². The van der Waals surface area contributed by atoms with Crippen molar-refractivity contribution in [1.29, 1.82) is 0 Å². The monoisotopic (exact) mass is 415 g/mol. The maximum Gasteiger partial charge on any atom is 0.335 e. The number of rotatable bonds is 6. The van der Waals surface area contributed by atoms with Gasteiger partial charge in [-0.15, -0.1) is 0 Å². The fourth-order valence-corrected chi connectivity index (χ4v) is 3.04. The standard InChI is InChI=1S/C23H21N5O3/c29-23(30)17-1-3-18(4-2-17)24-25-19-5-7-20(8-6-19)26-27-21-9-11-22(12-10-21)28-13-15-31-16-14-28/h1-12H,13-16H2,(H,29,30). The number of benzene rings is 3. The normalized spacial score (nSPS) is 14.4. The van der Waals surface area contributed by atoms with Gasteiger partial charge in [0.05, 0.1) is 41.5 Å². The second-order valence-electron chi connectivity index (χ2n) is 6.88. The van der Waals surface area contributed by atoms with E-state index in [1.54, 1.807) is 24.3 Å². The number of hydrogen-bond acceptors (Lipinski definition) is 7. The van der Waals surface area contributed by atoms with E-state index in [1.807, 2.05) is 36.4 Å². The number of hydrogen-bond donors (Lipinski definition) is 1. The lowest BCUT2D eigenvalue weighted by Crippen LogP contribution is -2.36. The van der Waals surface area contributed by atoms with Gasteiger partial charge < -0.3 is 14.7 Å². The molecule has 1 N–H and O–H groups in total. The molecular weight excluding hydrogens is 394 g/mol. The van der Waals surface area contributed by atoms with E-state index in [4.69, 9.17) is 9.84 Å². The third kappa shape index (κ3) is 5.58. The zero-order valence-electron chi connectivity index (χ0n) is 16.8. The van der Waals surface area contributed by atoms with E-state index in [9.17, 15) is 4.79 Å². The average molecular weight is 415 g/mol. The van der Waals surface area contributed by atoms with Gasteiger partial charge in [-0.25, -0.2) is 4.79 Å². The molecule has 0 radical (unpaired) electrons. The van der Waals surface area contributed by atoms with Crippen molar-refractivity contribution < 1.29 is 14.6 Å². The molecule has 0 saturated carbocycles. The Morgan fingerprint density at radius 3 is 1.48 bits per heavy atom. The van der Waals surface area contributed by atoms with Crippen LogP contribution in [-0.4, -0.2) is 37.4 Å². The quantitative estimate of drug-likeness (QED) is 0.495. The molecule has 3 aromatic rings. The van der Waals surface area contributed by atoms with Crippen LogP contribution in [-0.2, 0) is 4.74 Å². The number of morpholine rings is 1. The van der Waals surface area contributed by atoms with Gasteiger partial charge in [0.1, 0.15) is 0 Å². The number of nitrogens with zero attached hydrogens (tertiary/aromatic N) is 5. The molecule has 0 spiro atoms. The summed E-state index contributed by atoms with van der Waals surface area (Å²) >= 11 is 0. The number of ether oxygens (including phenoxy) is 1. The number of anilines is 1. The summed E-state index contributed by atoms with van der Waals surface area (Å²) in [5, 5.41) is 25.7. The van der Waals surface area contributed by atoms with E-state index in [2.05, 4.69) is 25.4 Å². The predicted molar refractivity (Wildman–Crippen MR) is 118 cm³/mol. The molecule has 4 rings (SSSR count). The van der Waals surface area contributed by atoms with Gasteiger partial charge in [-0.3, -0.25) is 0 Å². The van der Waals surface area contributed by atoms with Crippen LogP contribution in [0.4, 0.5) is 28.4 Å². The van der Waals surface area contributed by atoms with Crippen LogP contribution >= 0.6 is 0 Å². The maximum absolute atomic E-state index is 10.9. The van der Waals surface area contributed by atoms with Gasteiger partial charge in [0, 0.05) is 18.8 Å². The first-order valence-electron chi connectivity index (χ1n) is 9.87. The second-order valence-corrected chi connectivity index (χ2v) is 6.88. The van der Waals surface area contributed by atoms with Gasteiger partial charge in [-0.05, 0) is 72.8 Å². The first kappa shape index (κ1) is 20.4. The summed E-state index contributed by atoms with van der Waals surface area (Å²) < 4.78 is 5.38. The van der Waals surface area contributed by atoms with E-state index < -0.39 is 5.97 Å². The third-order valence-corrected chi connectivity index (χ3v) is 4.75. The summed E-state index contributed by atoms with van der Waals surface area (Å²) in [4.78, 5) is 13.2. The molecule has 1 aliphatic heterocycles. The van der Waals surface area contributed by atoms with Crippen molar-refractivity contribution in [1.82, 2.24) is 0 Å². The van der Waals surface area contributed by atoms with Crippen molar-refractivity contribution in [3.8, 4) is 0 Å². The molecule has 0 unspecified atom stereocenters. The molecule has 0 amide bonds. The molecule has 1 heterocycles. The smallest absolute Gasteiger partial charge is 0.335 e. The highest BCUT2D eigenvalue weighted by molar-refractivity contribution is 5.87. The lowest BCUT2D eigenvalue weighted by molar-refractivity contribution is 0.0697. The van der Waals surface area contributed by atoms with Gasteiger partial charge in [-0.1, -0.05) is 0 Å². The summed E-state index contributed by atoms with van der Waals surface area (Å²) in [5.74, 6) is -0.971. The van der Waals surface area contributed by atoms with E-state index in [1.165, 1.54) is 12.1 Å². The molecule has 0 aliphatic carbocycles. The molecule has 156 valence electrons. The molecule has 0 aromatic heterocycles. The Balaban J connectivity index is 1.35. The Hall–Kier alpha value is -3.91. The zero-order chi connectivity index (χ0) is 21.5. The molecule has 31 heavy (non-hydrogen) atoms. The molecule has 3 aromatic carbocycles. The number of aromatic carboxylic acids is 1. The van der Waals surface area contributed by atoms with Crippen LogP contribution in [0.3, 0.4) is 0 Å². The van der Waals surface area contributed by atoms with Gasteiger partial charge in [0.25, 0.3) is 0 Å². The van der Waals surface area contributed by atoms with Crippen molar-refractivity contribution in [2.45, 2.75) is 0 Å². The van der Waals surface area contributed by atoms with Crippen LogP contribution in [0.1, 0.15) is 10.4 Å². The van der Waals surface area contributed by atoms with Crippen molar-refractivity contribution in [3.63, 3.8) is 0 Å². The minimum Gasteiger partial charge on any atom is -0.478 e. The Kier molecular flexibility index (Phi) is 6.39. The molecule has 0 bridgehead atoms. The van der Waals surface area contributed by atoms with Gasteiger partial charge in [0.2, 0.25) is 0 Å². The van der Waals surface area contributed by atoms with E-state index in [0.29, 0.717) is 17.1 Å². The van der Waals surface area contributed by atoms with E-state index in [0.717, 1.165) is 37.7 Å². The molecule has 8 nitrogen and oxygen atoms in total.